The Hall–Kier alpha value is -9.36. The van der Waals surface area contributed by atoms with Gasteiger partial charge in [-0.1, -0.05) is 237 Å². The zero-order chi connectivity index (χ0) is 47.3. The molecule has 0 heterocycles. The number of fused-ring (bicyclic) bond motifs is 1. The van der Waals surface area contributed by atoms with E-state index in [1.807, 2.05) is 0 Å². The van der Waals surface area contributed by atoms with Gasteiger partial charge in [0.05, 0.1) is 0 Å². The van der Waals surface area contributed by atoms with Gasteiger partial charge < -0.3 is 0 Å². The molecule has 0 aliphatic rings. The summed E-state index contributed by atoms with van der Waals surface area (Å²) in [6, 6.07) is 99.4. The van der Waals surface area contributed by atoms with E-state index in [1.54, 1.807) is 0 Å². The first-order chi connectivity index (χ1) is 35.7. The molecule has 72 heavy (non-hydrogen) atoms. The molecule has 15 aromatic carbocycles. The average Bonchev–Trinajstić information content (AvgIpc) is 3.46. The Morgan fingerprint density at radius 2 is 0.417 bits per heavy atom. The average molecular weight is 909 g/mol. The second-order valence-corrected chi connectivity index (χ2v) is 19.5. The van der Waals surface area contributed by atoms with Crippen LogP contribution >= 0.6 is 0 Å². The fraction of sp³-hybridized carbons (Fsp3) is 0. The molecule has 15 rings (SSSR count). The van der Waals surface area contributed by atoms with Gasteiger partial charge >= 0.3 is 0 Å². The Labute approximate surface area is 418 Å². The number of hydrogen-bond acceptors (Lipinski definition) is 0. The molecule has 0 aliphatic heterocycles. The highest BCUT2D eigenvalue weighted by molar-refractivity contribution is 6.29. The van der Waals surface area contributed by atoms with Crippen LogP contribution in [0.5, 0.6) is 0 Å². The second kappa shape index (κ2) is 16.1. The molecule has 332 valence electrons. The summed E-state index contributed by atoms with van der Waals surface area (Å²) in [7, 11) is 0. The Balaban J connectivity index is 0.783. The minimum Gasteiger partial charge on any atom is -0.0622 e. The number of benzene rings is 15. The molecule has 0 nitrogen and oxygen atoms in total. The van der Waals surface area contributed by atoms with Crippen LogP contribution in [0, 0.1) is 0 Å². The van der Waals surface area contributed by atoms with E-state index in [0.717, 1.165) is 0 Å². The lowest BCUT2D eigenvalue weighted by Crippen LogP contribution is -1.90. The normalized spacial score (nSPS) is 11.9. The molecule has 0 saturated heterocycles. The lowest BCUT2D eigenvalue weighted by molar-refractivity contribution is 1.58. The lowest BCUT2D eigenvalue weighted by atomic mass is 9.86. The third-order valence-electron chi connectivity index (χ3n) is 15.5. The van der Waals surface area contributed by atoms with Crippen LogP contribution in [0.3, 0.4) is 0 Å². The van der Waals surface area contributed by atoms with E-state index >= 15 is 0 Å². The van der Waals surface area contributed by atoms with Crippen LogP contribution in [0.1, 0.15) is 0 Å². The van der Waals surface area contributed by atoms with Crippen LogP contribution in [0.25, 0.3) is 153 Å². The standard InChI is InChI=1S/C72H44/c1-2-11-46(12-3-1)61-32-24-47-29-37-66-62(33-25-48-28-36-65(61)69(47)70(48)66)58-19-7-16-54(42-58)52-14-6-15-53(41-52)55-17-8-20-59(43-55)63-34-26-49-31-39-68-64(35-27-50-30-38-67(63)71(49)72(50)68)60-21-9-18-56(44-60)57-23-22-45-10-4-5-13-51(45)40-57/h1-44H. The van der Waals surface area contributed by atoms with Gasteiger partial charge in [0.1, 0.15) is 0 Å². The molecule has 0 amide bonds. The van der Waals surface area contributed by atoms with E-state index in [2.05, 4.69) is 267 Å². The lowest BCUT2D eigenvalue weighted by Gasteiger charge is -2.17. The molecule has 0 aromatic heterocycles. The van der Waals surface area contributed by atoms with Gasteiger partial charge in [0.2, 0.25) is 0 Å². The van der Waals surface area contributed by atoms with E-state index in [1.165, 1.54) is 153 Å². The van der Waals surface area contributed by atoms with Gasteiger partial charge in [0.25, 0.3) is 0 Å². The number of rotatable bonds is 7. The Morgan fingerprint density at radius 1 is 0.139 bits per heavy atom. The summed E-state index contributed by atoms with van der Waals surface area (Å²) in [4.78, 5) is 0. The molecule has 15 aromatic rings. The summed E-state index contributed by atoms with van der Waals surface area (Å²) < 4.78 is 0. The van der Waals surface area contributed by atoms with Gasteiger partial charge in [-0.2, -0.15) is 0 Å². The Morgan fingerprint density at radius 3 is 0.819 bits per heavy atom. The van der Waals surface area contributed by atoms with Crippen LogP contribution in [0.2, 0.25) is 0 Å². The highest BCUT2D eigenvalue weighted by Crippen LogP contribution is 2.45. The second-order valence-electron chi connectivity index (χ2n) is 19.5. The molecule has 0 saturated carbocycles. The molecule has 0 spiro atoms. The van der Waals surface area contributed by atoms with Crippen LogP contribution in [0.4, 0.5) is 0 Å². The maximum Gasteiger partial charge on any atom is -0.00203 e. The van der Waals surface area contributed by atoms with Gasteiger partial charge in [-0.25, -0.2) is 0 Å². The minimum atomic E-state index is 1.20. The summed E-state index contributed by atoms with van der Waals surface area (Å²) in [5.41, 5.74) is 17.2. The van der Waals surface area contributed by atoms with Crippen LogP contribution in [-0.2, 0) is 0 Å². The van der Waals surface area contributed by atoms with Crippen molar-refractivity contribution in [3.63, 3.8) is 0 Å². The van der Waals surface area contributed by atoms with E-state index in [4.69, 9.17) is 0 Å². The SMILES string of the molecule is c1ccc(-c2ccc3ccc4c(-c5cccc(-c6cccc(-c7cccc(-c8ccc9ccc%10c(-c%11cccc(-c%12ccc%13ccccc%13c%12)c%11)ccc%11ccc8c9c%11%10)c7)c6)c5)ccc5ccc2c3c54)cc1. The summed E-state index contributed by atoms with van der Waals surface area (Å²) in [6.45, 7) is 0. The molecule has 0 heteroatoms. The Kier molecular flexibility index (Phi) is 9.06. The fourth-order valence-electron chi connectivity index (χ4n) is 12.1. The highest BCUT2D eigenvalue weighted by atomic mass is 14.2. The summed E-state index contributed by atoms with van der Waals surface area (Å²) in [6.07, 6.45) is 0. The summed E-state index contributed by atoms with van der Waals surface area (Å²) in [5, 5.41) is 18.1. The van der Waals surface area contributed by atoms with Gasteiger partial charge in [0.15, 0.2) is 0 Å². The zero-order valence-electron chi connectivity index (χ0n) is 39.4. The smallest absolute Gasteiger partial charge is 0.00203 e. The van der Waals surface area contributed by atoms with Crippen molar-refractivity contribution in [1.29, 1.82) is 0 Å². The summed E-state index contributed by atoms with van der Waals surface area (Å²) >= 11 is 0. The maximum atomic E-state index is 2.37. The van der Waals surface area contributed by atoms with Crippen molar-refractivity contribution in [1.82, 2.24) is 0 Å². The molecule has 0 radical (unpaired) electrons. The monoisotopic (exact) mass is 908 g/mol. The van der Waals surface area contributed by atoms with Crippen molar-refractivity contribution in [2.75, 3.05) is 0 Å². The van der Waals surface area contributed by atoms with E-state index < -0.39 is 0 Å². The van der Waals surface area contributed by atoms with Crippen LogP contribution in [-0.4, -0.2) is 0 Å². The quantitative estimate of drug-likeness (QED) is 0.140. The van der Waals surface area contributed by atoms with E-state index in [9.17, 15) is 0 Å². The molecule has 0 fully saturated rings. The fourth-order valence-corrected chi connectivity index (χ4v) is 12.1. The molecular formula is C72H44. The summed E-state index contributed by atoms with van der Waals surface area (Å²) in [5.74, 6) is 0. The molecule has 0 aliphatic carbocycles. The van der Waals surface area contributed by atoms with E-state index in [0.29, 0.717) is 0 Å². The van der Waals surface area contributed by atoms with Crippen molar-refractivity contribution in [3.8, 4) is 77.9 Å². The van der Waals surface area contributed by atoms with Gasteiger partial charge in [-0.3, -0.25) is 0 Å². The third kappa shape index (κ3) is 6.47. The predicted molar refractivity (Wildman–Crippen MR) is 309 cm³/mol. The minimum absolute atomic E-state index is 1.20. The van der Waals surface area contributed by atoms with Crippen LogP contribution in [0.15, 0.2) is 267 Å². The molecular weight excluding hydrogens is 865 g/mol. The van der Waals surface area contributed by atoms with Gasteiger partial charge in [0, 0.05) is 0 Å². The Bertz CT molecular complexity index is 4610. The predicted octanol–water partition coefficient (Wildman–Crippen LogP) is 20.3. The van der Waals surface area contributed by atoms with Crippen molar-refractivity contribution in [3.05, 3.63) is 267 Å². The zero-order valence-corrected chi connectivity index (χ0v) is 39.4. The van der Waals surface area contributed by atoms with Gasteiger partial charge in [-0.05, 0) is 184 Å². The molecule has 0 unspecified atom stereocenters. The number of hydrogen-bond donors (Lipinski definition) is 0. The van der Waals surface area contributed by atoms with Crippen molar-refractivity contribution >= 4 is 75.4 Å². The molecule has 0 bridgehead atoms. The first-order valence-corrected chi connectivity index (χ1v) is 25.0. The van der Waals surface area contributed by atoms with E-state index in [-0.39, 0.29) is 0 Å². The highest BCUT2D eigenvalue weighted by Gasteiger charge is 2.18. The molecule has 0 atom stereocenters. The first kappa shape index (κ1) is 40.5. The van der Waals surface area contributed by atoms with Gasteiger partial charge in [-0.15, -0.1) is 0 Å². The topological polar surface area (TPSA) is 0 Å². The van der Waals surface area contributed by atoms with Crippen molar-refractivity contribution in [2.45, 2.75) is 0 Å². The third-order valence-corrected chi connectivity index (χ3v) is 15.5. The maximum absolute atomic E-state index is 2.37. The first-order valence-electron chi connectivity index (χ1n) is 25.0. The largest absolute Gasteiger partial charge is 0.0622 e. The van der Waals surface area contributed by atoms with Crippen molar-refractivity contribution in [2.24, 2.45) is 0 Å². The van der Waals surface area contributed by atoms with Crippen LogP contribution < -0.4 is 0 Å². The molecule has 0 N–H and O–H groups in total. The van der Waals surface area contributed by atoms with Crippen molar-refractivity contribution < 1.29 is 0 Å².